The number of aromatic nitrogens is 4. The number of nitrogens with zero attached hydrogens (tertiary/aromatic N) is 4. The van der Waals surface area contributed by atoms with Crippen molar-refractivity contribution in [2.75, 3.05) is 11.9 Å². The van der Waals surface area contributed by atoms with Crippen LogP contribution in [-0.4, -0.2) is 32.3 Å². The van der Waals surface area contributed by atoms with Crippen molar-refractivity contribution in [1.82, 2.24) is 19.7 Å². The normalized spacial score (nSPS) is 21.0. The van der Waals surface area contributed by atoms with Crippen LogP contribution in [0.4, 0.5) is 5.69 Å². The number of carbonyl (C=O) groups is 1. The highest BCUT2D eigenvalue weighted by molar-refractivity contribution is 5.92. The molecule has 0 radical (unpaired) electrons. The molecular formula is C15H19N5O2. The maximum absolute atomic E-state index is 12.5. The summed E-state index contributed by atoms with van der Waals surface area (Å²) in [7, 11) is 1.85. The summed E-state index contributed by atoms with van der Waals surface area (Å²) in [5.74, 6) is 0.452. The summed E-state index contributed by atoms with van der Waals surface area (Å²) in [4.78, 5) is 20.9. The van der Waals surface area contributed by atoms with E-state index in [1.807, 2.05) is 20.0 Å². The van der Waals surface area contributed by atoms with Gasteiger partial charge in [0.05, 0.1) is 29.7 Å². The van der Waals surface area contributed by atoms with Gasteiger partial charge >= 0.3 is 0 Å². The Kier molecular flexibility index (Phi) is 4.15. The molecule has 3 heterocycles. The smallest absolute Gasteiger partial charge is 0.230 e. The van der Waals surface area contributed by atoms with Crippen LogP contribution in [0.15, 0.2) is 24.7 Å². The van der Waals surface area contributed by atoms with E-state index in [0.29, 0.717) is 18.7 Å². The predicted octanol–water partition coefficient (Wildman–Crippen LogP) is 1.49. The van der Waals surface area contributed by atoms with Crippen molar-refractivity contribution in [3.63, 3.8) is 0 Å². The quantitative estimate of drug-likeness (QED) is 0.925. The highest BCUT2D eigenvalue weighted by atomic mass is 16.5. The standard InChI is InChI=1S/C15H19N5O2/c1-3-13-16-8-10(9-17-13)19-15(21)11-5-7-22-14(11)12-4-6-18-20(12)2/h4,6,8-9,11,14H,3,5,7H2,1-2H3,(H,19,21)/t11-,14-/m1/s1. The number of hydrogen-bond donors (Lipinski definition) is 1. The highest BCUT2D eigenvalue weighted by Crippen LogP contribution is 2.34. The molecule has 1 aliphatic heterocycles. The zero-order chi connectivity index (χ0) is 15.5. The largest absolute Gasteiger partial charge is 0.371 e. The third-order valence-electron chi connectivity index (χ3n) is 3.87. The first-order valence-electron chi connectivity index (χ1n) is 7.40. The zero-order valence-electron chi connectivity index (χ0n) is 12.7. The molecule has 3 rings (SSSR count). The van der Waals surface area contributed by atoms with Gasteiger partial charge in [-0.25, -0.2) is 9.97 Å². The third-order valence-corrected chi connectivity index (χ3v) is 3.87. The molecule has 116 valence electrons. The van der Waals surface area contributed by atoms with Gasteiger partial charge in [-0.3, -0.25) is 9.48 Å². The summed E-state index contributed by atoms with van der Waals surface area (Å²) in [6.07, 6.45) is 6.19. The van der Waals surface area contributed by atoms with Gasteiger partial charge in [-0.05, 0) is 12.5 Å². The van der Waals surface area contributed by atoms with Gasteiger partial charge in [-0.2, -0.15) is 5.10 Å². The number of anilines is 1. The van der Waals surface area contributed by atoms with Crippen molar-refractivity contribution in [3.8, 4) is 0 Å². The Morgan fingerprint density at radius 3 is 2.86 bits per heavy atom. The van der Waals surface area contributed by atoms with Gasteiger partial charge in [-0.15, -0.1) is 0 Å². The van der Waals surface area contributed by atoms with Gasteiger partial charge in [0.2, 0.25) is 5.91 Å². The topological polar surface area (TPSA) is 81.9 Å². The molecule has 1 fully saturated rings. The van der Waals surface area contributed by atoms with Gasteiger partial charge in [0.15, 0.2) is 0 Å². The Morgan fingerprint density at radius 1 is 1.45 bits per heavy atom. The van der Waals surface area contributed by atoms with E-state index in [9.17, 15) is 4.79 Å². The van der Waals surface area contributed by atoms with E-state index in [4.69, 9.17) is 4.74 Å². The third kappa shape index (κ3) is 2.85. The van der Waals surface area contributed by atoms with Crippen molar-refractivity contribution < 1.29 is 9.53 Å². The minimum Gasteiger partial charge on any atom is -0.371 e. The second-order valence-electron chi connectivity index (χ2n) is 5.30. The summed E-state index contributed by atoms with van der Waals surface area (Å²) in [6.45, 7) is 2.56. The minimum absolute atomic E-state index is 0.0726. The second-order valence-corrected chi connectivity index (χ2v) is 5.30. The molecule has 0 bridgehead atoms. The Hall–Kier alpha value is -2.28. The molecule has 0 aliphatic carbocycles. The maximum atomic E-state index is 12.5. The highest BCUT2D eigenvalue weighted by Gasteiger charge is 2.36. The number of carbonyl (C=O) groups excluding carboxylic acids is 1. The number of nitrogens with one attached hydrogen (secondary N) is 1. The van der Waals surface area contributed by atoms with E-state index in [-0.39, 0.29) is 17.9 Å². The van der Waals surface area contributed by atoms with Crippen molar-refractivity contribution in [3.05, 3.63) is 36.2 Å². The van der Waals surface area contributed by atoms with Crippen LogP contribution >= 0.6 is 0 Å². The van der Waals surface area contributed by atoms with Gasteiger partial charge in [0, 0.05) is 26.3 Å². The van der Waals surface area contributed by atoms with Crippen LogP contribution in [0, 0.1) is 5.92 Å². The molecular weight excluding hydrogens is 282 g/mol. The molecule has 1 saturated heterocycles. The van der Waals surface area contributed by atoms with Crippen molar-refractivity contribution in [2.24, 2.45) is 13.0 Å². The average Bonchev–Trinajstić information content (AvgIpc) is 3.16. The fraction of sp³-hybridized carbons (Fsp3) is 0.467. The SMILES string of the molecule is CCc1ncc(NC(=O)[C@@H]2CCO[C@H]2c2ccnn2C)cn1. The average molecular weight is 301 g/mol. The molecule has 0 saturated carbocycles. The van der Waals surface area contributed by atoms with Gasteiger partial charge in [-0.1, -0.05) is 6.92 Å². The number of hydrogen-bond acceptors (Lipinski definition) is 5. The minimum atomic E-state index is -0.261. The first-order valence-corrected chi connectivity index (χ1v) is 7.40. The lowest BCUT2D eigenvalue weighted by Crippen LogP contribution is -2.26. The molecule has 2 aromatic heterocycles. The van der Waals surface area contributed by atoms with Crippen LogP contribution in [0.5, 0.6) is 0 Å². The molecule has 0 aromatic carbocycles. The fourth-order valence-electron chi connectivity index (χ4n) is 2.65. The Morgan fingerprint density at radius 2 is 2.23 bits per heavy atom. The Bertz CT molecular complexity index is 652. The molecule has 0 unspecified atom stereocenters. The zero-order valence-corrected chi connectivity index (χ0v) is 12.7. The van der Waals surface area contributed by atoms with Crippen LogP contribution in [0.2, 0.25) is 0 Å². The lowest BCUT2D eigenvalue weighted by molar-refractivity contribution is -0.121. The van der Waals surface area contributed by atoms with Crippen LogP contribution in [0.1, 0.15) is 31.0 Å². The van der Waals surface area contributed by atoms with E-state index in [1.54, 1.807) is 23.3 Å². The lowest BCUT2D eigenvalue weighted by Gasteiger charge is -2.18. The van der Waals surface area contributed by atoms with Crippen LogP contribution in [-0.2, 0) is 23.0 Å². The fourth-order valence-corrected chi connectivity index (χ4v) is 2.65. The van der Waals surface area contributed by atoms with Gasteiger partial charge < -0.3 is 10.1 Å². The molecule has 1 amide bonds. The number of rotatable bonds is 4. The number of ether oxygens (including phenoxy) is 1. The summed E-state index contributed by atoms with van der Waals surface area (Å²) >= 11 is 0. The monoisotopic (exact) mass is 301 g/mol. The van der Waals surface area contributed by atoms with Crippen molar-refractivity contribution in [2.45, 2.75) is 25.9 Å². The molecule has 1 N–H and O–H groups in total. The Balaban J connectivity index is 1.72. The summed E-state index contributed by atoms with van der Waals surface area (Å²) in [6, 6.07) is 1.88. The van der Waals surface area contributed by atoms with E-state index in [0.717, 1.165) is 17.9 Å². The number of aryl methyl sites for hydroxylation is 2. The molecule has 2 atom stereocenters. The predicted molar refractivity (Wildman–Crippen MR) is 80.0 cm³/mol. The molecule has 22 heavy (non-hydrogen) atoms. The summed E-state index contributed by atoms with van der Waals surface area (Å²) in [5.41, 5.74) is 1.52. The molecule has 2 aromatic rings. The Labute approximate surface area is 128 Å². The van der Waals surface area contributed by atoms with Gasteiger partial charge in [0.25, 0.3) is 0 Å². The van der Waals surface area contributed by atoms with Crippen molar-refractivity contribution >= 4 is 11.6 Å². The van der Waals surface area contributed by atoms with E-state index in [1.165, 1.54) is 0 Å². The van der Waals surface area contributed by atoms with E-state index in [2.05, 4.69) is 20.4 Å². The van der Waals surface area contributed by atoms with Crippen LogP contribution in [0.25, 0.3) is 0 Å². The molecule has 7 nitrogen and oxygen atoms in total. The first kappa shape index (κ1) is 14.6. The van der Waals surface area contributed by atoms with Crippen molar-refractivity contribution in [1.29, 1.82) is 0 Å². The van der Waals surface area contributed by atoms with Gasteiger partial charge in [0.1, 0.15) is 11.9 Å². The summed E-state index contributed by atoms with van der Waals surface area (Å²) < 4.78 is 7.48. The van der Waals surface area contributed by atoms with Crippen LogP contribution in [0.3, 0.4) is 0 Å². The second kappa shape index (κ2) is 6.23. The first-order chi connectivity index (χ1) is 10.7. The molecule has 1 aliphatic rings. The van der Waals surface area contributed by atoms with E-state index >= 15 is 0 Å². The maximum Gasteiger partial charge on any atom is 0.230 e. The molecule has 7 heteroatoms. The van der Waals surface area contributed by atoms with Crippen LogP contribution < -0.4 is 5.32 Å². The lowest BCUT2D eigenvalue weighted by atomic mass is 9.98. The molecule has 0 spiro atoms. The number of amides is 1. The summed E-state index contributed by atoms with van der Waals surface area (Å²) in [5, 5.41) is 7.02. The van der Waals surface area contributed by atoms with E-state index < -0.39 is 0 Å².